The third kappa shape index (κ3) is 2.90. The number of nitrogens with zero attached hydrogens (tertiary/aromatic N) is 1. The maximum absolute atomic E-state index is 12.9. The van der Waals surface area contributed by atoms with Crippen molar-refractivity contribution in [1.29, 1.82) is 0 Å². The van der Waals surface area contributed by atoms with Crippen LogP contribution in [0.2, 0.25) is 0 Å². The molecule has 26 heavy (non-hydrogen) atoms. The zero-order valence-corrected chi connectivity index (χ0v) is 12.9. The van der Waals surface area contributed by atoms with E-state index in [0.29, 0.717) is 28.8 Å². The van der Waals surface area contributed by atoms with E-state index in [2.05, 4.69) is 4.98 Å². The van der Waals surface area contributed by atoms with Crippen molar-refractivity contribution >= 4 is 10.9 Å². The first-order valence-electron chi connectivity index (χ1n) is 7.35. The highest BCUT2D eigenvalue weighted by molar-refractivity contribution is 5.83. The van der Waals surface area contributed by atoms with Crippen molar-refractivity contribution in [3.8, 4) is 11.1 Å². The molecule has 0 unspecified atom stereocenters. The van der Waals surface area contributed by atoms with Gasteiger partial charge in [-0.3, -0.25) is 4.98 Å². The molecule has 0 radical (unpaired) electrons. The van der Waals surface area contributed by atoms with Crippen molar-refractivity contribution in [2.24, 2.45) is 0 Å². The number of hydrogen-bond acceptors (Lipinski definition) is 2. The van der Waals surface area contributed by atoms with Crippen molar-refractivity contribution in [1.82, 2.24) is 4.98 Å². The molecule has 136 valence electrons. The lowest BCUT2D eigenvalue weighted by atomic mass is 9.91. The van der Waals surface area contributed by atoms with Crippen molar-refractivity contribution < 1.29 is 31.4 Å². The van der Waals surface area contributed by atoms with Crippen LogP contribution >= 0.6 is 0 Å². The SMILES string of the molecule is OC(c1ccc(-c2cnc3ccccc3c2)cc1)(C(F)(F)F)C(F)(F)F. The van der Waals surface area contributed by atoms with Gasteiger partial charge in [-0.1, -0.05) is 42.5 Å². The van der Waals surface area contributed by atoms with Gasteiger partial charge in [0.15, 0.2) is 0 Å². The smallest absolute Gasteiger partial charge is 0.369 e. The topological polar surface area (TPSA) is 33.1 Å². The zero-order chi connectivity index (χ0) is 19.2. The monoisotopic (exact) mass is 371 g/mol. The van der Waals surface area contributed by atoms with Crippen molar-refractivity contribution in [3.63, 3.8) is 0 Å². The maximum Gasteiger partial charge on any atom is 0.430 e. The Hall–Kier alpha value is -2.61. The summed E-state index contributed by atoms with van der Waals surface area (Å²) in [7, 11) is 0. The molecule has 0 aliphatic heterocycles. The average Bonchev–Trinajstić information content (AvgIpc) is 2.59. The van der Waals surface area contributed by atoms with Crippen LogP contribution in [0.25, 0.3) is 22.0 Å². The first-order chi connectivity index (χ1) is 12.0. The molecule has 0 aliphatic carbocycles. The van der Waals surface area contributed by atoms with E-state index in [4.69, 9.17) is 0 Å². The van der Waals surface area contributed by atoms with E-state index in [0.717, 1.165) is 17.5 Å². The number of para-hydroxylation sites is 1. The van der Waals surface area contributed by atoms with Gasteiger partial charge < -0.3 is 5.11 Å². The Morgan fingerprint density at radius 2 is 1.31 bits per heavy atom. The normalized spacial score (nSPS) is 13.2. The van der Waals surface area contributed by atoms with Crippen LogP contribution in [-0.2, 0) is 5.60 Å². The zero-order valence-electron chi connectivity index (χ0n) is 12.9. The second-order valence-corrected chi connectivity index (χ2v) is 5.70. The van der Waals surface area contributed by atoms with E-state index in [9.17, 15) is 31.4 Å². The van der Waals surface area contributed by atoms with Gasteiger partial charge in [0.1, 0.15) is 0 Å². The van der Waals surface area contributed by atoms with Crippen LogP contribution < -0.4 is 0 Å². The summed E-state index contributed by atoms with van der Waals surface area (Å²) in [5, 5.41) is 10.2. The fraction of sp³-hybridized carbons (Fsp3) is 0.167. The number of fused-ring (bicyclic) bond motifs is 1. The predicted octanol–water partition coefficient (Wildman–Crippen LogP) is 5.21. The fourth-order valence-electron chi connectivity index (χ4n) is 2.62. The Labute approximate surface area is 143 Å². The van der Waals surface area contributed by atoms with Gasteiger partial charge in [0.2, 0.25) is 0 Å². The lowest BCUT2D eigenvalue weighted by Gasteiger charge is -2.32. The van der Waals surface area contributed by atoms with E-state index in [1.807, 2.05) is 0 Å². The Bertz CT molecular complexity index is 917. The molecule has 0 spiro atoms. The molecule has 0 aliphatic rings. The molecule has 1 heterocycles. The van der Waals surface area contributed by atoms with Crippen LogP contribution in [0, 0.1) is 0 Å². The highest BCUT2D eigenvalue weighted by Crippen LogP contribution is 2.50. The number of pyridine rings is 1. The Morgan fingerprint density at radius 1 is 0.731 bits per heavy atom. The fourth-order valence-corrected chi connectivity index (χ4v) is 2.62. The van der Waals surface area contributed by atoms with Crippen molar-refractivity contribution in [2.45, 2.75) is 18.0 Å². The summed E-state index contributed by atoms with van der Waals surface area (Å²) in [6.07, 6.45) is -10.3. The molecular weight excluding hydrogens is 360 g/mol. The first kappa shape index (κ1) is 18.2. The molecule has 1 aromatic heterocycles. The molecular formula is C18H11F6NO. The molecule has 3 rings (SSSR count). The van der Waals surface area contributed by atoms with Crippen LogP contribution in [0.15, 0.2) is 60.8 Å². The van der Waals surface area contributed by atoms with Crippen molar-refractivity contribution in [2.75, 3.05) is 0 Å². The number of aliphatic hydroxyl groups is 1. The molecule has 2 nitrogen and oxygen atoms in total. The van der Waals surface area contributed by atoms with E-state index < -0.39 is 23.5 Å². The summed E-state index contributed by atoms with van der Waals surface area (Å²) in [6.45, 7) is 0. The summed E-state index contributed by atoms with van der Waals surface area (Å²) in [5.41, 5.74) is -4.62. The largest absolute Gasteiger partial charge is 0.430 e. The Kier molecular flexibility index (Phi) is 4.18. The molecule has 0 amide bonds. The van der Waals surface area contributed by atoms with Gasteiger partial charge in [-0.25, -0.2) is 0 Å². The molecule has 0 saturated heterocycles. The third-order valence-electron chi connectivity index (χ3n) is 4.05. The molecule has 0 bridgehead atoms. The Balaban J connectivity index is 2.04. The number of rotatable bonds is 2. The second kappa shape index (κ2) is 5.98. The summed E-state index contributed by atoms with van der Waals surface area (Å²) >= 11 is 0. The lowest BCUT2D eigenvalue weighted by Crippen LogP contribution is -2.53. The highest BCUT2D eigenvalue weighted by Gasteiger charge is 2.71. The van der Waals surface area contributed by atoms with E-state index in [-0.39, 0.29) is 0 Å². The molecule has 0 saturated carbocycles. The molecule has 8 heteroatoms. The number of hydrogen-bond donors (Lipinski definition) is 1. The predicted molar refractivity (Wildman–Crippen MR) is 83.2 cm³/mol. The summed E-state index contributed by atoms with van der Waals surface area (Å²) in [6, 6.07) is 12.3. The van der Waals surface area contributed by atoms with Gasteiger partial charge in [-0.15, -0.1) is 0 Å². The minimum Gasteiger partial charge on any atom is -0.369 e. The van der Waals surface area contributed by atoms with Gasteiger partial charge in [0.05, 0.1) is 5.52 Å². The number of aromatic nitrogens is 1. The van der Waals surface area contributed by atoms with E-state index >= 15 is 0 Å². The van der Waals surface area contributed by atoms with Gasteiger partial charge in [0, 0.05) is 22.7 Å². The van der Waals surface area contributed by atoms with Crippen LogP contribution in [0.5, 0.6) is 0 Å². The maximum atomic E-state index is 12.9. The highest BCUT2D eigenvalue weighted by atomic mass is 19.4. The van der Waals surface area contributed by atoms with Gasteiger partial charge in [-0.2, -0.15) is 26.3 Å². The Morgan fingerprint density at radius 3 is 1.88 bits per heavy atom. The van der Waals surface area contributed by atoms with Crippen LogP contribution in [0.4, 0.5) is 26.3 Å². The van der Waals surface area contributed by atoms with Gasteiger partial charge in [-0.05, 0) is 17.7 Å². The lowest BCUT2D eigenvalue weighted by molar-refractivity contribution is -0.376. The molecule has 1 N–H and O–H groups in total. The number of benzene rings is 2. The molecule has 0 fully saturated rings. The standard InChI is InChI=1S/C18H11F6NO/c19-17(20,21)16(26,18(22,23)24)14-7-5-11(6-8-14)13-9-12-3-1-2-4-15(12)25-10-13/h1-10,26H. The summed E-state index contributed by atoms with van der Waals surface area (Å²) < 4.78 is 77.4. The van der Waals surface area contributed by atoms with Gasteiger partial charge in [0.25, 0.3) is 5.60 Å². The quantitative estimate of drug-likeness (QED) is 0.627. The molecule has 0 atom stereocenters. The summed E-state index contributed by atoms with van der Waals surface area (Å²) in [4.78, 5) is 4.20. The van der Waals surface area contributed by atoms with E-state index in [1.54, 1.807) is 30.3 Å². The average molecular weight is 371 g/mol. The third-order valence-corrected chi connectivity index (χ3v) is 4.05. The second-order valence-electron chi connectivity index (χ2n) is 5.70. The van der Waals surface area contributed by atoms with Crippen molar-refractivity contribution in [3.05, 3.63) is 66.4 Å². The number of alkyl halides is 6. The van der Waals surface area contributed by atoms with Crippen LogP contribution in [-0.4, -0.2) is 22.4 Å². The minimum absolute atomic E-state index is 0.374. The van der Waals surface area contributed by atoms with Crippen LogP contribution in [0.3, 0.4) is 0 Å². The van der Waals surface area contributed by atoms with Gasteiger partial charge >= 0.3 is 12.4 Å². The molecule has 3 aromatic rings. The number of halogens is 6. The molecule has 2 aromatic carbocycles. The van der Waals surface area contributed by atoms with E-state index in [1.165, 1.54) is 6.20 Å². The van der Waals surface area contributed by atoms with Crippen LogP contribution in [0.1, 0.15) is 5.56 Å². The minimum atomic E-state index is -5.91. The summed E-state index contributed by atoms with van der Waals surface area (Å²) in [5.74, 6) is 0. The first-order valence-corrected chi connectivity index (χ1v) is 7.35.